The van der Waals surface area contributed by atoms with E-state index in [0.29, 0.717) is 37.4 Å². The lowest BCUT2D eigenvalue weighted by Crippen LogP contribution is -2.51. The molecule has 0 atom stereocenters. The van der Waals surface area contributed by atoms with Crippen LogP contribution in [0.1, 0.15) is 60.8 Å². The Kier molecular flexibility index (Phi) is 6.42. The monoisotopic (exact) mass is 483 g/mol. The number of aromatic nitrogens is 3. The van der Waals surface area contributed by atoms with Crippen molar-refractivity contribution in [2.24, 2.45) is 0 Å². The van der Waals surface area contributed by atoms with Crippen molar-refractivity contribution in [3.8, 4) is 11.3 Å². The number of carbonyl (C=O) groups is 2. The molecule has 0 unspecified atom stereocenters. The minimum absolute atomic E-state index is 0.0644. The highest BCUT2D eigenvalue weighted by molar-refractivity contribution is 7.12. The zero-order valence-corrected chi connectivity index (χ0v) is 21.8. The summed E-state index contributed by atoms with van der Waals surface area (Å²) in [4.78, 5) is 36.9. The Labute approximate surface area is 204 Å². The van der Waals surface area contributed by atoms with Crippen molar-refractivity contribution in [3.63, 3.8) is 0 Å². The van der Waals surface area contributed by atoms with Crippen LogP contribution in [0.25, 0.3) is 22.3 Å². The van der Waals surface area contributed by atoms with Crippen LogP contribution in [-0.4, -0.2) is 68.3 Å². The first-order chi connectivity index (χ1) is 15.9. The number of pyridine rings is 1. The third-order valence-corrected chi connectivity index (χ3v) is 6.79. The van der Waals surface area contributed by atoms with Gasteiger partial charge < -0.3 is 14.5 Å². The Morgan fingerprint density at radius 2 is 1.71 bits per heavy atom. The maximum absolute atomic E-state index is 13.7. The van der Waals surface area contributed by atoms with Crippen LogP contribution in [0.4, 0.5) is 4.79 Å². The highest BCUT2D eigenvalue weighted by Crippen LogP contribution is 2.33. The number of hydrogen-bond donors (Lipinski definition) is 0. The Morgan fingerprint density at radius 3 is 2.26 bits per heavy atom. The van der Waals surface area contributed by atoms with Crippen molar-refractivity contribution in [1.82, 2.24) is 24.6 Å². The van der Waals surface area contributed by atoms with Crippen molar-refractivity contribution in [1.29, 1.82) is 0 Å². The highest BCUT2D eigenvalue weighted by Gasteiger charge is 2.30. The molecule has 9 heteroatoms. The SMILES string of the molecule is Cc1cc(-c2cc(C(=O)N3CCN(C(=O)OC(C)(C)C)CC3)c3cnn(C(C)C)c3n2)c(C)s1. The van der Waals surface area contributed by atoms with E-state index >= 15 is 0 Å². The number of ether oxygens (including phenoxy) is 1. The predicted molar refractivity (Wildman–Crippen MR) is 134 cm³/mol. The summed E-state index contributed by atoms with van der Waals surface area (Å²) in [6, 6.07) is 4.13. The van der Waals surface area contributed by atoms with Gasteiger partial charge in [0, 0.05) is 47.5 Å². The summed E-state index contributed by atoms with van der Waals surface area (Å²) in [6.45, 7) is 15.6. The summed E-state index contributed by atoms with van der Waals surface area (Å²) in [5.41, 5.74) is 2.60. The Bertz CT molecular complexity index is 1230. The molecule has 2 amide bonds. The molecule has 0 aliphatic carbocycles. The Hall–Kier alpha value is -2.94. The van der Waals surface area contributed by atoms with Gasteiger partial charge in [0.25, 0.3) is 5.91 Å². The van der Waals surface area contributed by atoms with E-state index in [-0.39, 0.29) is 18.0 Å². The summed E-state index contributed by atoms with van der Waals surface area (Å²) in [7, 11) is 0. The van der Waals surface area contributed by atoms with Gasteiger partial charge in [0.15, 0.2) is 5.65 Å². The lowest BCUT2D eigenvalue weighted by Gasteiger charge is -2.35. The van der Waals surface area contributed by atoms with Gasteiger partial charge in [0.2, 0.25) is 0 Å². The van der Waals surface area contributed by atoms with Gasteiger partial charge in [-0.3, -0.25) is 4.79 Å². The number of thiophene rings is 1. The number of nitrogens with zero attached hydrogens (tertiary/aromatic N) is 5. The van der Waals surface area contributed by atoms with E-state index in [0.717, 1.165) is 16.6 Å². The second-order valence-electron chi connectivity index (χ2n) is 10.1. The number of aryl methyl sites for hydroxylation is 2. The topological polar surface area (TPSA) is 80.6 Å². The average molecular weight is 484 g/mol. The fraction of sp³-hybridized carbons (Fsp3) is 0.520. The molecule has 3 aromatic heterocycles. The van der Waals surface area contributed by atoms with E-state index in [1.165, 1.54) is 9.75 Å². The molecule has 4 rings (SSSR count). The number of hydrogen-bond acceptors (Lipinski definition) is 6. The highest BCUT2D eigenvalue weighted by atomic mass is 32.1. The van der Waals surface area contributed by atoms with Gasteiger partial charge in [-0.1, -0.05) is 0 Å². The molecule has 34 heavy (non-hydrogen) atoms. The predicted octanol–water partition coefficient (Wildman–Crippen LogP) is 5.05. The summed E-state index contributed by atoms with van der Waals surface area (Å²) >= 11 is 1.72. The number of fused-ring (bicyclic) bond motifs is 1. The summed E-state index contributed by atoms with van der Waals surface area (Å²) < 4.78 is 7.35. The maximum atomic E-state index is 13.7. The van der Waals surface area contributed by atoms with Gasteiger partial charge in [0.1, 0.15) is 5.60 Å². The molecule has 1 aliphatic rings. The van der Waals surface area contributed by atoms with E-state index in [2.05, 4.69) is 38.9 Å². The largest absolute Gasteiger partial charge is 0.444 e. The fourth-order valence-electron chi connectivity index (χ4n) is 4.18. The van der Waals surface area contributed by atoms with Gasteiger partial charge in [-0.15, -0.1) is 11.3 Å². The van der Waals surface area contributed by atoms with Gasteiger partial charge in [0.05, 0.1) is 22.8 Å². The third-order valence-electron chi connectivity index (χ3n) is 5.82. The average Bonchev–Trinajstić information content (AvgIpc) is 3.34. The quantitative estimate of drug-likeness (QED) is 0.521. The molecule has 182 valence electrons. The second kappa shape index (κ2) is 9.02. The molecule has 1 aliphatic heterocycles. The molecular weight excluding hydrogens is 450 g/mol. The van der Waals surface area contributed by atoms with E-state index in [9.17, 15) is 9.59 Å². The van der Waals surface area contributed by atoms with Crippen molar-refractivity contribution in [2.75, 3.05) is 26.2 Å². The van der Waals surface area contributed by atoms with E-state index in [1.54, 1.807) is 27.3 Å². The molecule has 1 fully saturated rings. The van der Waals surface area contributed by atoms with E-state index < -0.39 is 5.60 Å². The van der Waals surface area contributed by atoms with Crippen molar-refractivity contribution < 1.29 is 14.3 Å². The molecule has 0 aromatic carbocycles. The molecule has 0 N–H and O–H groups in total. The Morgan fingerprint density at radius 1 is 1.06 bits per heavy atom. The van der Waals surface area contributed by atoms with Crippen molar-refractivity contribution in [3.05, 3.63) is 33.6 Å². The van der Waals surface area contributed by atoms with Crippen LogP contribution in [0.3, 0.4) is 0 Å². The zero-order valence-electron chi connectivity index (χ0n) is 21.0. The zero-order chi connectivity index (χ0) is 24.8. The lowest BCUT2D eigenvalue weighted by molar-refractivity contribution is 0.0141. The first kappa shape index (κ1) is 24.2. The van der Waals surface area contributed by atoms with Gasteiger partial charge >= 0.3 is 6.09 Å². The first-order valence-electron chi connectivity index (χ1n) is 11.7. The molecular formula is C25H33N5O3S. The van der Waals surface area contributed by atoms with Crippen LogP contribution in [0.5, 0.6) is 0 Å². The van der Waals surface area contributed by atoms with Crippen LogP contribution in [0.15, 0.2) is 18.3 Å². The summed E-state index contributed by atoms with van der Waals surface area (Å²) in [6.07, 6.45) is 1.40. The maximum Gasteiger partial charge on any atom is 0.410 e. The van der Waals surface area contributed by atoms with Gasteiger partial charge in [-0.05, 0) is 60.6 Å². The molecule has 4 heterocycles. The molecule has 0 bridgehead atoms. The standard InChI is InChI=1S/C25H33N5O3S/c1-15(2)30-22-20(14-26-30)19(13-21(27-22)18-12-16(3)34-17(18)4)23(31)28-8-10-29(11-9-28)24(32)33-25(5,6)7/h12-15H,8-11H2,1-7H3. The minimum Gasteiger partial charge on any atom is -0.444 e. The normalized spacial score (nSPS) is 14.8. The fourth-order valence-corrected chi connectivity index (χ4v) is 5.12. The number of carbonyl (C=O) groups excluding carboxylic acids is 2. The van der Waals surface area contributed by atoms with Crippen LogP contribution >= 0.6 is 11.3 Å². The van der Waals surface area contributed by atoms with Crippen LogP contribution < -0.4 is 0 Å². The molecule has 0 spiro atoms. The van der Waals surface area contributed by atoms with Crippen LogP contribution in [0.2, 0.25) is 0 Å². The van der Waals surface area contributed by atoms with E-state index in [1.807, 2.05) is 31.5 Å². The van der Waals surface area contributed by atoms with Crippen molar-refractivity contribution in [2.45, 2.75) is 60.1 Å². The van der Waals surface area contributed by atoms with E-state index in [4.69, 9.17) is 9.72 Å². The third kappa shape index (κ3) is 4.80. The lowest BCUT2D eigenvalue weighted by atomic mass is 10.1. The molecule has 3 aromatic rings. The Balaban J connectivity index is 1.65. The molecule has 1 saturated heterocycles. The van der Waals surface area contributed by atoms with Crippen LogP contribution in [-0.2, 0) is 4.74 Å². The molecule has 0 radical (unpaired) electrons. The van der Waals surface area contributed by atoms with Crippen LogP contribution in [0, 0.1) is 13.8 Å². The second-order valence-corrected chi connectivity index (χ2v) is 11.5. The van der Waals surface area contributed by atoms with Gasteiger partial charge in [-0.2, -0.15) is 5.10 Å². The molecule has 8 nitrogen and oxygen atoms in total. The number of rotatable bonds is 3. The number of amides is 2. The van der Waals surface area contributed by atoms with Crippen molar-refractivity contribution >= 4 is 34.4 Å². The first-order valence-corrected chi connectivity index (χ1v) is 12.5. The summed E-state index contributed by atoms with van der Waals surface area (Å²) in [5, 5.41) is 5.28. The number of piperazine rings is 1. The van der Waals surface area contributed by atoms with Gasteiger partial charge in [-0.25, -0.2) is 14.5 Å². The minimum atomic E-state index is -0.544. The molecule has 0 saturated carbocycles. The summed E-state index contributed by atoms with van der Waals surface area (Å²) in [5.74, 6) is -0.0644. The smallest absolute Gasteiger partial charge is 0.410 e.